The molecule has 1 amide bonds. The molecular weight excluding hydrogens is 385 g/mol. The monoisotopic (exact) mass is 409 g/mol. The van der Waals surface area contributed by atoms with Gasteiger partial charge in [0, 0.05) is 24.8 Å². The Morgan fingerprint density at radius 1 is 1.13 bits per heavy atom. The summed E-state index contributed by atoms with van der Waals surface area (Å²) in [6.07, 6.45) is 0.000699. The molecule has 1 heterocycles. The van der Waals surface area contributed by atoms with Crippen molar-refractivity contribution in [2.75, 3.05) is 6.54 Å². The Morgan fingerprint density at radius 2 is 1.87 bits per heavy atom. The lowest BCUT2D eigenvalue weighted by Crippen LogP contribution is -2.27. The van der Waals surface area contributed by atoms with E-state index < -0.39 is 17.7 Å². The largest absolute Gasteiger partial charge is 0.461 e. The van der Waals surface area contributed by atoms with Crippen LogP contribution in [0.2, 0.25) is 0 Å². The van der Waals surface area contributed by atoms with E-state index in [-0.39, 0.29) is 25.1 Å². The van der Waals surface area contributed by atoms with Crippen LogP contribution in [0.3, 0.4) is 0 Å². The number of hydrogen-bond acceptors (Lipinski definition) is 4. The summed E-state index contributed by atoms with van der Waals surface area (Å²) in [4.78, 5) is 24.3. The second kappa shape index (κ2) is 9.35. The predicted octanol–water partition coefficient (Wildman–Crippen LogP) is 3.71. The average molecular weight is 409 g/mol. The molecule has 3 rings (SSSR count). The number of nitrogens with zero attached hydrogens (tertiary/aromatic N) is 2. The van der Waals surface area contributed by atoms with E-state index in [1.54, 1.807) is 10.7 Å². The van der Waals surface area contributed by atoms with Gasteiger partial charge in [0.25, 0.3) is 5.91 Å². The van der Waals surface area contributed by atoms with Crippen LogP contribution in [-0.2, 0) is 23.2 Å². The van der Waals surface area contributed by atoms with Crippen LogP contribution in [0.25, 0.3) is 11.1 Å². The SMILES string of the molecule is Cc1nn(C)c(C)c1-c1ccc(F)c(C(=O)NCCC(=O)OCc2ccccc2)c1. The van der Waals surface area contributed by atoms with Crippen molar-refractivity contribution in [3.8, 4) is 11.1 Å². The molecular formula is C23H24FN3O3. The lowest BCUT2D eigenvalue weighted by atomic mass is 10.0. The molecule has 6 nitrogen and oxygen atoms in total. The lowest BCUT2D eigenvalue weighted by Gasteiger charge is -2.09. The third-order valence-corrected chi connectivity index (χ3v) is 4.87. The first-order valence-corrected chi connectivity index (χ1v) is 9.64. The van der Waals surface area contributed by atoms with Crippen LogP contribution in [-0.4, -0.2) is 28.2 Å². The number of aromatic nitrogens is 2. The number of halogens is 1. The van der Waals surface area contributed by atoms with Gasteiger partial charge in [0.1, 0.15) is 12.4 Å². The van der Waals surface area contributed by atoms with E-state index in [4.69, 9.17) is 4.74 Å². The molecule has 0 aliphatic heterocycles. The first-order chi connectivity index (χ1) is 14.4. The third-order valence-electron chi connectivity index (χ3n) is 4.87. The minimum atomic E-state index is -0.623. The Kier molecular flexibility index (Phi) is 6.61. The zero-order valence-corrected chi connectivity index (χ0v) is 17.2. The number of hydrogen-bond donors (Lipinski definition) is 1. The molecule has 0 fully saturated rings. The molecule has 0 unspecified atom stereocenters. The second-order valence-electron chi connectivity index (χ2n) is 7.02. The number of ether oxygens (including phenoxy) is 1. The van der Waals surface area contributed by atoms with Gasteiger partial charge < -0.3 is 10.1 Å². The van der Waals surface area contributed by atoms with E-state index in [2.05, 4.69) is 10.4 Å². The van der Waals surface area contributed by atoms with Gasteiger partial charge in [-0.3, -0.25) is 14.3 Å². The van der Waals surface area contributed by atoms with Gasteiger partial charge in [0.2, 0.25) is 0 Å². The highest BCUT2D eigenvalue weighted by atomic mass is 19.1. The fourth-order valence-corrected chi connectivity index (χ4v) is 3.23. The van der Waals surface area contributed by atoms with Crippen molar-refractivity contribution in [1.29, 1.82) is 0 Å². The smallest absolute Gasteiger partial charge is 0.307 e. The fraction of sp³-hybridized carbons (Fsp3) is 0.261. The summed E-state index contributed by atoms with van der Waals surface area (Å²) < 4.78 is 21.2. The summed E-state index contributed by atoms with van der Waals surface area (Å²) in [5, 5.41) is 6.94. The van der Waals surface area contributed by atoms with Crippen molar-refractivity contribution in [2.45, 2.75) is 26.9 Å². The highest BCUT2D eigenvalue weighted by molar-refractivity contribution is 5.96. The Hall–Kier alpha value is -3.48. The van der Waals surface area contributed by atoms with Crippen LogP contribution >= 0.6 is 0 Å². The van der Waals surface area contributed by atoms with Crippen molar-refractivity contribution in [3.05, 3.63) is 76.9 Å². The standard InChI is InChI=1S/C23H24FN3O3/c1-15-22(16(2)27(3)26-15)18-9-10-20(24)19(13-18)23(29)25-12-11-21(28)30-14-17-7-5-4-6-8-17/h4-10,13H,11-12,14H2,1-3H3,(H,25,29). The van der Waals surface area contributed by atoms with Crippen molar-refractivity contribution < 1.29 is 18.7 Å². The number of carbonyl (C=O) groups excluding carboxylic acids is 2. The van der Waals surface area contributed by atoms with Gasteiger partial charge in [-0.25, -0.2) is 4.39 Å². The van der Waals surface area contributed by atoms with E-state index in [1.165, 1.54) is 12.1 Å². The summed E-state index contributed by atoms with van der Waals surface area (Å²) in [7, 11) is 1.83. The number of carbonyl (C=O) groups is 2. The number of amides is 1. The van der Waals surface area contributed by atoms with Gasteiger partial charge in [-0.2, -0.15) is 5.10 Å². The minimum absolute atomic E-state index is 0.000699. The Balaban J connectivity index is 1.59. The van der Waals surface area contributed by atoms with Gasteiger partial charge >= 0.3 is 5.97 Å². The molecule has 0 aliphatic carbocycles. The molecule has 156 valence electrons. The highest BCUT2D eigenvalue weighted by Gasteiger charge is 2.17. The van der Waals surface area contributed by atoms with Crippen molar-refractivity contribution in [1.82, 2.24) is 15.1 Å². The molecule has 1 aromatic heterocycles. The molecule has 3 aromatic rings. The fourth-order valence-electron chi connectivity index (χ4n) is 3.23. The van der Waals surface area contributed by atoms with Crippen molar-refractivity contribution >= 4 is 11.9 Å². The van der Waals surface area contributed by atoms with Crippen LogP contribution in [0.1, 0.15) is 33.7 Å². The number of rotatable bonds is 7. The molecule has 30 heavy (non-hydrogen) atoms. The Morgan fingerprint density at radius 3 is 2.53 bits per heavy atom. The average Bonchev–Trinajstić information content (AvgIpc) is 2.99. The molecule has 0 spiro atoms. The van der Waals surface area contributed by atoms with Gasteiger partial charge in [-0.15, -0.1) is 0 Å². The molecule has 7 heteroatoms. The normalized spacial score (nSPS) is 10.7. The Labute approximate surface area is 174 Å². The number of esters is 1. The third kappa shape index (κ3) is 4.92. The maximum absolute atomic E-state index is 14.3. The Bertz CT molecular complexity index is 1060. The van der Waals surface area contributed by atoms with Gasteiger partial charge in [0.05, 0.1) is 17.7 Å². The van der Waals surface area contributed by atoms with Crippen molar-refractivity contribution in [3.63, 3.8) is 0 Å². The van der Waals surface area contributed by atoms with E-state index in [0.717, 1.165) is 22.5 Å². The summed E-state index contributed by atoms with van der Waals surface area (Å²) in [6.45, 7) is 4.02. The maximum atomic E-state index is 14.3. The van der Waals surface area contributed by atoms with Crippen LogP contribution in [0, 0.1) is 19.7 Å². The first-order valence-electron chi connectivity index (χ1n) is 9.64. The van der Waals surface area contributed by atoms with Gasteiger partial charge in [-0.05, 0) is 37.1 Å². The van der Waals surface area contributed by atoms with E-state index >= 15 is 0 Å². The van der Waals surface area contributed by atoms with Gasteiger partial charge in [0.15, 0.2) is 0 Å². The molecule has 0 radical (unpaired) electrons. The van der Waals surface area contributed by atoms with E-state index in [1.807, 2.05) is 51.2 Å². The van der Waals surface area contributed by atoms with Crippen molar-refractivity contribution in [2.24, 2.45) is 7.05 Å². The molecule has 0 aliphatic rings. The molecule has 0 saturated heterocycles. The lowest BCUT2D eigenvalue weighted by molar-refractivity contribution is -0.144. The second-order valence-corrected chi connectivity index (χ2v) is 7.02. The minimum Gasteiger partial charge on any atom is -0.461 e. The topological polar surface area (TPSA) is 73.2 Å². The first kappa shape index (κ1) is 21.2. The van der Waals surface area contributed by atoms with Crippen LogP contribution in [0.15, 0.2) is 48.5 Å². The molecule has 1 N–H and O–H groups in total. The molecule has 0 bridgehead atoms. The number of aryl methyl sites for hydroxylation is 2. The van der Waals surface area contributed by atoms with Crippen LogP contribution < -0.4 is 5.32 Å². The quantitative estimate of drug-likeness (QED) is 0.604. The van der Waals surface area contributed by atoms with E-state index in [9.17, 15) is 14.0 Å². The van der Waals surface area contributed by atoms with E-state index in [0.29, 0.717) is 5.56 Å². The summed E-state index contributed by atoms with van der Waals surface area (Å²) in [6, 6.07) is 13.7. The summed E-state index contributed by atoms with van der Waals surface area (Å²) in [5.74, 6) is -1.64. The molecule has 0 atom stereocenters. The zero-order valence-electron chi connectivity index (χ0n) is 17.2. The predicted molar refractivity (Wildman–Crippen MR) is 111 cm³/mol. The molecule has 0 saturated carbocycles. The van der Waals surface area contributed by atoms with Gasteiger partial charge in [-0.1, -0.05) is 36.4 Å². The highest BCUT2D eigenvalue weighted by Crippen LogP contribution is 2.28. The summed E-state index contributed by atoms with van der Waals surface area (Å²) >= 11 is 0. The summed E-state index contributed by atoms with van der Waals surface area (Å²) in [5.41, 5.74) is 4.12. The zero-order chi connectivity index (χ0) is 21.7. The molecule has 2 aromatic carbocycles. The van der Waals surface area contributed by atoms with Crippen LogP contribution in [0.4, 0.5) is 4.39 Å². The number of nitrogens with one attached hydrogen (secondary N) is 1. The number of benzene rings is 2. The maximum Gasteiger partial charge on any atom is 0.307 e. The van der Waals surface area contributed by atoms with Crippen LogP contribution in [0.5, 0.6) is 0 Å².